The van der Waals surface area contributed by atoms with Crippen LogP contribution in [0.2, 0.25) is 0 Å². The Labute approximate surface area is 79.5 Å². The average molecular weight is 180 g/mol. The number of methoxy groups -OCH3 is 2. The Morgan fingerprint density at radius 2 is 1.85 bits per heavy atom. The first-order chi connectivity index (χ1) is 6.19. The highest BCUT2D eigenvalue weighted by Crippen LogP contribution is 2.21. The highest BCUT2D eigenvalue weighted by Gasteiger charge is 2.03. The molecule has 0 amide bonds. The van der Waals surface area contributed by atoms with E-state index in [1.165, 1.54) is 16.7 Å². The molecule has 1 rings (SSSR count). The maximum atomic E-state index is 5.18. The molecule has 0 atom stereocenters. The molecule has 0 fully saturated rings. The van der Waals surface area contributed by atoms with Crippen LogP contribution in [0.4, 0.5) is 0 Å². The second-order valence-corrected chi connectivity index (χ2v) is 3.16. The molecule has 1 aromatic carbocycles. The molecule has 0 aromatic heterocycles. The van der Waals surface area contributed by atoms with Gasteiger partial charge in [0.05, 0.1) is 13.7 Å². The summed E-state index contributed by atoms with van der Waals surface area (Å²) in [5, 5.41) is 0. The van der Waals surface area contributed by atoms with Gasteiger partial charge >= 0.3 is 0 Å². The van der Waals surface area contributed by atoms with Crippen molar-refractivity contribution in [1.82, 2.24) is 0 Å². The largest absolute Gasteiger partial charge is 0.497 e. The second-order valence-electron chi connectivity index (χ2n) is 3.16. The van der Waals surface area contributed by atoms with E-state index >= 15 is 0 Å². The molecular weight excluding hydrogens is 164 g/mol. The highest BCUT2D eigenvalue weighted by atomic mass is 16.5. The van der Waals surface area contributed by atoms with Crippen LogP contribution in [-0.2, 0) is 11.3 Å². The Bertz CT molecular complexity index is 292. The summed E-state index contributed by atoms with van der Waals surface area (Å²) in [6, 6.07) is 4.06. The van der Waals surface area contributed by atoms with Crippen molar-refractivity contribution in [2.75, 3.05) is 14.2 Å². The van der Waals surface area contributed by atoms with Crippen molar-refractivity contribution in [2.45, 2.75) is 20.5 Å². The minimum absolute atomic E-state index is 0.643. The molecule has 0 heterocycles. The van der Waals surface area contributed by atoms with Crippen molar-refractivity contribution in [2.24, 2.45) is 0 Å². The Morgan fingerprint density at radius 3 is 2.38 bits per heavy atom. The fourth-order valence-electron chi connectivity index (χ4n) is 1.32. The fraction of sp³-hybridized carbons (Fsp3) is 0.455. The molecule has 72 valence electrons. The number of hydrogen-bond donors (Lipinski definition) is 0. The Kier molecular flexibility index (Phi) is 3.32. The lowest BCUT2D eigenvalue weighted by molar-refractivity contribution is 0.184. The number of benzene rings is 1. The van der Waals surface area contributed by atoms with E-state index in [-0.39, 0.29) is 0 Å². The van der Waals surface area contributed by atoms with E-state index in [2.05, 4.69) is 13.8 Å². The van der Waals surface area contributed by atoms with Gasteiger partial charge in [0.15, 0.2) is 0 Å². The van der Waals surface area contributed by atoms with Crippen LogP contribution in [0.3, 0.4) is 0 Å². The highest BCUT2D eigenvalue weighted by molar-refractivity contribution is 5.40. The number of hydrogen-bond acceptors (Lipinski definition) is 2. The summed E-state index contributed by atoms with van der Waals surface area (Å²) in [5.41, 5.74) is 3.72. The van der Waals surface area contributed by atoms with Gasteiger partial charge in [0.25, 0.3) is 0 Å². The molecule has 2 heteroatoms. The maximum Gasteiger partial charge on any atom is 0.119 e. The molecule has 0 spiro atoms. The second kappa shape index (κ2) is 4.28. The van der Waals surface area contributed by atoms with Crippen molar-refractivity contribution >= 4 is 0 Å². The molecule has 0 saturated carbocycles. The Balaban J connectivity index is 3.09. The SMILES string of the molecule is COCc1cc(OC)cc(C)c1C. The van der Waals surface area contributed by atoms with Crippen molar-refractivity contribution in [1.29, 1.82) is 0 Å². The summed E-state index contributed by atoms with van der Waals surface area (Å²) in [7, 11) is 3.38. The van der Waals surface area contributed by atoms with E-state index in [1.54, 1.807) is 14.2 Å². The lowest BCUT2D eigenvalue weighted by Gasteiger charge is -2.10. The third-order valence-corrected chi connectivity index (χ3v) is 2.28. The van der Waals surface area contributed by atoms with E-state index in [4.69, 9.17) is 9.47 Å². The molecule has 0 bridgehead atoms. The Morgan fingerprint density at radius 1 is 1.15 bits per heavy atom. The lowest BCUT2D eigenvalue weighted by Crippen LogP contribution is -1.96. The van der Waals surface area contributed by atoms with Crippen molar-refractivity contribution in [3.63, 3.8) is 0 Å². The quantitative estimate of drug-likeness (QED) is 0.711. The van der Waals surface area contributed by atoms with Crippen LogP contribution in [-0.4, -0.2) is 14.2 Å². The van der Waals surface area contributed by atoms with Crippen LogP contribution in [0.5, 0.6) is 5.75 Å². The summed E-state index contributed by atoms with van der Waals surface area (Å²) in [6.45, 7) is 4.82. The van der Waals surface area contributed by atoms with E-state index in [0.717, 1.165) is 5.75 Å². The van der Waals surface area contributed by atoms with Gasteiger partial charge in [-0.05, 0) is 42.7 Å². The molecule has 13 heavy (non-hydrogen) atoms. The molecule has 0 unspecified atom stereocenters. The topological polar surface area (TPSA) is 18.5 Å². The van der Waals surface area contributed by atoms with Gasteiger partial charge in [-0.1, -0.05) is 0 Å². The first-order valence-corrected chi connectivity index (χ1v) is 4.32. The molecule has 0 radical (unpaired) electrons. The maximum absolute atomic E-state index is 5.18. The number of rotatable bonds is 3. The standard InChI is InChI=1S/C11H16O2/c1-8-5-11(13-4)6-10(7-12-3)9(8)2/h5-6H,7H2,1-4H3. The number of ether oxygens (including phenoxy) is 2. The predicted molar refractivity (Wildman–Crippen MR) is 53.2 cm³/mol. The first kappa shape index (κ1) is 10.1. The minimum Gasteiger partial charge on any atom is -0.497 e. The van der Waals surface area contributed by atoms with Crippen LogP contribution < -0.4 is 4.74 Å². The van der Waals surface area contributed by atoms with Gasteiger partial charge in [-0.15, -0.1) is 0 Å². The normalized spacial score (nSPS) is 10.2. The monoisotopic (exact) mass is 180 g/mol. The summed E-state index contributed by atoms with van der Waals surface area (Å²) >= 11 is 0. The van der Waals surface area contributed by atoms with E-state index in [9.17, 15) is 0 Å². The molecule has 0 saturated heterocycles. The van der Waals surface area contributed by atoms with Crippen LogP contribution in [0.25, 0.3) is 0 Å². The van der Waals surface area contributed by atoms with Crippen LogP contribution in [0.15, 0.2) is 12.1 Å². The van der Waals surface area contributed by atoms with Crippen molar-refractivity contribution in [3.05, 3.63) is 28.8 Å². The van der Waals surface area contributed by atoms with Gasteiger partial charge in [-0.3, -0.25) is 0 Å². The van der Waals surface area contributed by atoms with Gasteiger partial charge < -0.3 is 9.47 Å². The average Bonchev–Trinajstić information content (AvgIpc) is 2.13. The Hall–Kier alpha value is -1.02. The zero-order valence-electron chi connectivity index (χ0n) is 8.68. The van der Waals surface area contributed by atoms with Gasteiger partial charge in [0.2, 0.25) is 0 Å². The van der Waals surface area contributed by atoms with Crippen LogP contribution in [0.1, 0.15) is 16.7 Å². The van der Waals surface area contributed by atoms with Crippen molar-refractivity contribution in [3.8, 4) is 5.75 Å². The zero-order valence-corrected chi connectivity index (χ0v) is 8.68. The molecule has 1 aromatic rings. The van der Waals surface area contributed by atoms with Gasteiger partial charge in [0.1, 0.15) is 5.75 Å². The van der Waals surface area contributed by atoms with E-state index in [0.29, 0.717) is 6.61 Å². The van der Waals surface area contributed by atoms with Gasteiger partial charge in [-0.25, -0.2) is 0 Å². The first-order valence-electron chi connectivity index (χ1n) is 4.32. The molecule has 0 N–H and O–H groups in total. The summed E-state index contributed by atoms with van der Waals surface area (Å²) < 4.78 is 10.3. The summed E-state index contributed by atoms with van der Waals surface area (Å²) in [4.78, 5) is 0. The fourth-order valence-corrected chi connectivity index (χ4v) is 1.32. The van der Waals surface area contributed by atoms with Gasteiger partial charge in [-0.2, -0.15) is 0 Å². The van der Waals surface area contributed by atoms with E-state index < -0.39 is 0 Å². The van der Waals surface area contributed by atoms with Crippen LogP contribution in [0, 0.1) is 13.8 Å². The predicted octanol–water partition coefficient (Wildman–Crippen LogP) is 2.46. The number of aryl methyl sites for hydroxylation is 1. The summed E-state index contributed by atoms with van der Waals surface area (Å²) in [5.74, 6) is 0.898. The zero-order chi connectivity index (χ0) is 9.84. The third kappa shape index (κ3) is 2.22. The van der Waals surface area contributed by atoms with Gasteiger partial charge in [0, 0.05) is 7.11 Å². The smallest absolute Gasteiger partial charge is 0.119 e. The summed E-state index contributed by atoms with van der Waals surface area (Å²) in [6.07, 6.45) is 0. The molecular formula is C11H16O2. The van der Waals surface area contributed by atoms with Crippen LogP contribution >= 0.6 is 0 Å². The molecule has 0 aliphatic rings. The molecule has 0 aliphatic heterocycles. The molecule has 0 aliphatic carbocycles. The minimum atomic E-state index is 0.643. The third-order valence-electron chi connectivity index (χ3n) is 2.28. The molecule has 2 nitrogen and oxygen atoms in total. The van der Waals surface area contributed by atoms with Crippen molar-refractivity contribution < 1.29 is 9.47 Å². The van der Waals surface area contributed by atoms with E-state index in [1.807, 2.05) is 12.1 Å². The lowest BCUT2D eigenvalue weighted by atomic mass is 10.0.